The average Bonchev–Trinajstić information content (AvgIpc) is 3.05. The van der Waals surface area contributed by atoms with Crippen molar-refractivity contribution in [1.82, 2.24) is 15.5 Å². The van der Waals surface area contributed by atoms with Crippen molar-refractivity contribution < 1.29 is 9.21 Å². The number of carbonyl (C=O) groups is 1. The fraction of sp³-hybridized carbons (Fsp3) is 0.684. The number of rotatable bonds is 9. The molecule has 0 spiro atoms. The van der Waals surface area contributed by atoms with Gasteiger partial charge in [0.1, 0.15) is 5.76 Å². The lowest BCUT2D eigenvalue weighted by molar-refractivity contribution is -0.130. The minimum absolute atomic E-state index is 0. The number of likely N-dealkylation sites (tertiary alicyclic amines) is 1. The van der Waals surface area contributed by atoms with Gasteiger partial charge in [0.05, 0.1) is 6.26 Å². The Morgan fingerprint density at radius 3 is 2.88 bits per heavy atom. The molecule has 1 aromatic heterocycles. The van der Waals surface area contributed by atoms with E-state index in [1.54, 1.807) is 6.26 Å². The number of guanidine groups is 1. The fourth-order valence-corrected chi connectivity index (χ4v) is 2.91. The maximum atomic E-state index is 12.0. The molecule has 2 heterocycles. The van der Waals surface area contributed by atoms with Crippen molar-refractivity contribution in [2.75, 3.05) is 32.7 Å². The number of furan rings is 1. The molecule has 0 atom stereocenters. The number of nitrogens with zero attached hydrogens (tertiary/aromatic N) is 2. The van der Waals surface area contributed by atoms with Crippen LogP contribution in [0.5, 0.6) is 0 Å². The van der Waals surface area contributed by atoms with E-state index in [2.05, 4.69) is 22.5 Å². The van der Waals surface area contributed by atoms with E-state index >= 15 is 0 Å². The molecule has 0 unspecified atom stereocenters. The van der Waals surface area contributed by atoms with Crippen LogP contribution in [0.25, 0.3) is 0 Å². The van der Waals surface area contributed by atoms with Crippen LogP contribution in [0.15, 0.2) is 27.8 Å². The Hall–Kier alpha value is -1.25. The second kappa shape index (κ2) is 13.9. The number of hydrogen-bond acceptors (Lipinski definition) is 3. The molecule has 0 radical (unpaired) electrons. The maximum absolute atomic E-state index is 12.0. The molecule has 2 rings (SSSR count). The Morgan fingerprint density at radius 2 is 2.12 bits per heavy atom. The van der Waals surface area contributed by atoms with Gasteiger partial charge in [0, 0.05) is 45.6 Å². The highest BCUT2D eigenvalue weighted by atomic mass is 127. The SMILES string of the molecule is CCCN=C(NCCCN1CCCCCC1=O)NCCc1ccco1.I. The highest BCUT2D eigenvalue weighted by Crippen LogP contribution is 2.11. The Bertz CT molecular complexity index is 520. The summed E-state index contributed by atoms with van der Waals surface area (Å²) in [6.07, 6.45) is 8.56. The first kappa shape index (κ1) is 22.8. The molecule has 1 fully saturated rings. The normalized spacial score (nSPS) is 15.3. The first-order valence-electron chi connectivity index (χ1n) is 9.62. The van der Waals surface area contributed by atoms with Gasteiger partial charge in [-0.2, -0.15) is 0 Å². The van der Waals surface area contributed by atoms with E-state index in [-0.39, 0.29) is 24.0 Å². The molecular formula is C19H33IN4O2. The summed E-state index contributed by atoms with van der Waals surface area (Å²) in [5.74, 6) is 2.13. The van der Waals surface area contributed by atoms with Crippen molar-refractivity contribution in [3.8, 4) is 0 Å². The lowest BCUT2D eigenvalue weighted by Crippen LogP contribution is -2.40. The summed E-state index contributed by atoms with van der Waals surface area (Å²) in [6.45, 7) is 6.28. The Balaban J connectivity index is 0.00000338. The first-order valence-corrected chi connectivity index (χ1v) is 9.62. The zero-order valence-electron chi connectivity index (χ0n) is 15.8. The number of carbonyl (C=O) groups excluding carboxylic acids is 1. The van der Waals surface area contributed by atoms with Crippen LogP contribution in [-0.4, -0.2) is 49.5 Å². The van der Waals surface area contributed by atoms with E-state index in [0.717, 1.165) is 76.5 Å². The van der Waals surface area contributed by atoms with Crippen molar-refractivity contribution >= 4 is 35.8 Å². The van der Waals surface area contributed by atoms with Gasteiger partial charge in [-0.1, -0.05) is 13.3 Å². The van der Waals surface area contributed by atoms with Crippen LogP contribution < -0.4 is 10.6 Å². The zero-order valence-corrected chi connectivity index (χ0v) is 18.2. The Morgan fingerprint density at radius 1 is 1.27 bits per heavy atom. The van der Waals surface area contributed by atoms with Crippen molar-refractivity contribution in [3.63, 3.8) is 0 Å². The van der Waals surface area contributed by atoms with Crippen LogP contribution >= 0.6 is 24.0 Å². The predicted octanol–water partition coefficient (Wildman–Crippen LogP) is 3.18. The molecule has 1 aliphatic rings. The molecule has 0 aliphatic carbocycles. The van der Waals surface area contributed by atoms with Gasteiger partial charge in [-0.25, -0.2) is 0 Å². The lowest BCUT2D eigenvalue weighted by atomic mass is 10.2. The molecule has 0 aromatic carbocycles. The second-order valence-corrected chi connectivity index (χ2v) is 6.46. The molecule has 2 N–H and O–H groups in total. The molecule has 26 heavy (non-hydrogen) atoms. The molecule has 1 saturated heterocycles. The lowest BCUT2D eigenvalue weighted by Gasteiger charge is -2.20. The number of nitrogens with one attached hydrogen (secondary N) is 2. The minimum Gasteiger partial charge on any atom is -0.469 e. The van der Waals surface area contributed by atoms with Gasteiger partial charge in [0.25, 0.3) is 0 Å². The van der Waals surface area contributed by atoms with Crippen LogP contribution in [0.1, 0.15) is 51.2 Å². The third-order valence-corrected chi connectivity index (χ3v) is 4.31. The Labute approximate surface area is 174 Å². The highest BCUT2D eigenvalue weighted by molar-refractivity contribution is 14.0. The van der Waals surface area contributed by atoms with E-state index in [9.17, 15) is 4.79 Å². The van der Waals surface area contributed by atoms with Crippen molar-refractivity contribution in [3.05, 3.63) is 24.2 Å². The van der Waals surface area contributed by atoms with Crippen LogP contribution in [0, 0.1) is 0 Å². The topological polar surface area (TPSA) is 69.9 Å². The summed E-state index contributed by atoms with van der Waals surface area (Å²) in [7, 11) is 0. The predicted molar refractivity (Wildman–Crippen MR) is 116 cm³/mol. The fourth-order valence-electron chi connectivity index (χ4n) is 2.91. The third-order valence-electron chi connectivity index (χ3n) is 4.31. The summed E-state index contributed by atoms with van der Waals surface area (Å²) in [5, 5.41) is 6.72. The quantitative estimate of drug-likeness (QED) is 0.249. The van der Waals surface area contributed by atoms with Crippen LogP contribution in [-0.2, 0) is 11.2 Å². The number of halogens is 1. The van der Waals surface area contributed by atoms with Crippen LogP contribution in [0.3, 0.4) is 0 Å². The monoisotopic (exact) mass is 476 g/mol. The molecular weight excluding hydrogens is 443 g/mol. The van der Waals surface area contributed by atoms with Gasteiger partial charge in [-0.05, 0) is 37.8 Å². The minimum atomic E-state index is 0. The maximum Gasteiger partial charge on any atom is 0.222 e. The molecule has 1 amide bonds. The summed E-state index contributed by atoms with van der Waals surface area (Å²) >= 11 is 0. The smallest absolute Gasteiger partial charge is 0.222 e. The number of amides is 1. The van der Waals surface area contributed by atoms with Gasteiger partial charge in [-0.15, -0.1) is 24.0 Å². The standard InChI is InChI=1S/C19H32N4O2.HI/c1-2-11-20-19(22-13-10-17-8-6-16-25-17)21-12-7-15-23-14-5-3-4-9-18(23)24;/h6,8,16H,2-5,7,9-15H2,1H3,(H2,20,21,22);1H. The van der Waals surface area contributed by atoms with E-state index in [1.807, 2.05) is 17.0 Å². The van der Waals surface area contributed by atoms with E-state index in [4.69, 9.17) is 4.42 Å². The molecule has 0 bridgehead atoms. The molecule has 6 nitrogen and oxygen atoms in total. The largest absolute Gasteiger partial charge is 0.469 e. The summed E-state index contributed by atoms with van der Waals surface area (Å²) in [6, 6.07) is 3.89. The number of aliphatic imine (C=N–C) groups is 1. The highest BCUT2D eigenvalue weighted by Gasteiger charge is 2.15. The van der Waals surface area contributed by atoms with Crippen LogP contribution in [0.4, 0.5) is 0 Å². The van der Waals surface area contributed by atoms with Crippen molar-refractivity contribution in [2.45, 2.75) is 51.9 Å². The molecule has 1 aromatic rings. The van der Waals surface area contributed by atoms with Gasteiger partial charge in [-0.3, -0.25) is 9.79 Å². The molecule has 1 aliphatic heterocycles. The van der Waals surface area contributed by atoms with E-state index in [0.29, 0.717) is 12.3 Å². The van der Waals surface area contributed by atoms with Gasteiger partial charge >= 0.3 is 0 Å². The first-order chi connectivity index (χ1) is 12.3. The molecule has 7 heteroatoms. The third kappa shape index (κ3) is 8.91. The second-order valence-electron chi connectivity index (χ2n) is 6.46. The van der Waals surface area contributed by atoms with E-state index < -0.39 is 0 Å². The van der Waals surface area contributed by atoms with Crippen molar-refractivity contribution in [1.29, 1.82) is 0 Å². The summed E-state index contributed by atoms with van der Waals surface area (Å²) in [4.78, 5) is 18.6. The molecule has 0 saturated carbocycles. The van der Waals surface area contributed by atoms with Crippen molar-refractivity contribution in [2.24, 2.45) is 4.99 Å². The molecule has 148 valence electrons. The number of hydrogen-bond donors (Lipinski definition) is 2. The average molecular weight is 476 g/mol. The van der Waals surface area contributed by atoms with Gasteiger partial charge in [0.2, 0.25) is 5.91 Å². The van der Waals surface area contributed by atoms with Crippen LogP contribution in [0.2, 0.25) is 0 Å². The Kier molecular flexibility index (Phi) is 12.2. The summed E-state index contributed by atoms with van der Waals surface area (Å²) < 4.78 is 5.34. The van der Waals surface area contributed by atoms with E-state index in [1.165, 1.54) is 6.42 Å². The van der Waals surface area contributed by atoms with Gasteiger partial charge in [0.15, 0.2) is 5.96 Å². The van der Waals surface area contributed by atoms with Gasteiger partial charge < -0.3 is 20.0 Å². The zero-order chi connectivity index (χ0) is 17.7. The summed E-state index contributed by atoms with van der Waals surface area (Å²) in [5.41, 5.74) is 0.